The van der Waals surface area contributed by atoms with Gasteiger partial charge in [0.25, 0.3) is 0 Å². The zero-order valence-electron chi connectivity index (χ0n) is 11.7. The molecule has 1 aromatic rings. The number of carboxylic acids is 1. The Hall–Kier alpha value is -2.19. The highest BCUT2D eigenvalue weighted by atomic mass is 32.2. The van der Waals surface area contributed by atoms with Crippen LogP contribution in [0.15, 0.2) is 41.3 Å². The van der Waals surface area contributed by atoms with Gasteiger partial charge in [-0.05, 0) is 31.0 Å². The molecule has 1 aliphatic carbocycles. The van der Waals surface area contributed by atoms with Crippen LogP contribution in [0, 0.1) is 5.92 Å². The summed E-state index contributed by atoms with van der Waals surface area (Å²) in [7, 11) is -3.93. The van der Waals surface area contributed by atoms with Crippen molar-refractivity contribution in [1.29, 1.82) is 0 Å². The van der Waals surface area contributed by atoms with Crippen molar-refractivity contribution in [1.82, 2.24) is 4.72 Å². The van der Waals surface area contributed by atoms with E-state index in [1.807, 2.05) is 16.9 Å². The van der Waals surface area contributed by atoms with E-state index in [9.17, 15) is 18.0 Å². The summed E-state index contributed by atoms with van der Waals surface area (Å²) in [6.45, 7) is -0.702. The van der Waals surface area contributed by atoms with Crippen molar-refractivity contribution in [3.8, 4) is 0 Å². The van der Waals surface area contributed by atoms with Crippen LogP contribution in [0.25, 0.3) is 0 Å². The SMILES string of the molecule is O=C(O)CNS(=O)(=O)c1cccc(NC(=O)C2CC=CC2)c1. The van der Waals surface area contributed by atoms with E-state index in [4.69, 9.17) is 5.11 Å². The van der Waals surface area contributed by atoms with Gasteiger partial charge in [-0.3, -0.25) is 9.59 Å². The Balaban J connectivity index is 2.09. The second kappa shape index (κ2) is 6.71. The predicted octanol–water partition coefficient (Wildman–Crippen LogP) is 0.954. The topological polar surface area (TPSA) is 113 Å². The minimum atomic E-state index is -3.93. The molecule has 0 fully saturated rings. The number of hydrogen-bond donors (Lipinski definition) is 3. The minimum absolute atomic E-state index is 0.101. The minimum Gasteiger partial charge on any atom is -0.480 e. The molecule has 1 aromatic carbocycles. The average Bonchev–Trinajstić information content (AvgIpc) is 3.00. The molecule has 118 valence electrons. The van der Waals surface area contributed by atoms with Crippen LogP contribution in [-0.2, 0) is 19.6 Å². The fourth-order valence-corrected chi connectivity index (χ4v) is 3.08. The largest absolute Gasteiger partial charge is 0.480 e. The van der Waals surface area contributed by atoms with Crippen LogP contribution in [0.4, 0.5) is 5.69 Å². The molecule has 0 heterocycles. The van der Waals surface area contributed by atoms with E-state index in [1.165, 1.54) is 18.2 Å². The molecule has 0 saturated carbocycles. The summed E-state index contributed by atoms with van der Waals surface area (Å²) < 4.78 is 25.8. The summed E-state index contributed by atoms with van der Waals surface area (Å²) >= 11 is 0. The first-order chi connectivity index (χ1) is 10.4. The standard InChI is InChI=1S/C14H16N2O5S/c17-13(18)9-15-22(20,21)12-7-3-6-11(8-12)16-14(19)10-4-1-2-5-10/h1-3,6-8,10,15H,4-5,9H2,(H,16,19)(H,17,18). The highest BCUT2D eigenvalue weighted by Crippen LogP contribution is 2.21. The molecule has 8 heteroatoms. The van der Waals surface area contributed by atoms with Crippen LogP contribution in [0.1, 0.15) is 12.8 Å². The van der Waals surface area contributed by atoms with Crippen LogP contribution in [-0.4, -0.2) is 31.9 Å². The maximum absolute atomic E-state index is 12.0. The average molecular weight is 324 g/mol. The van der Waals surface area contributed by atoms with Crippen molar-refractivity contribution in [2.24, 2.45) is 5.92 Å². The van der Waals surface area contributed by atoms with Gasteiger partial charge in [-0.1, -0.05) is 18.2 Å². The molecule has 0 saturated heterocycles. The van der Waals surface area contributed by atoms with Gasteiger partial charge in [-0.15, -0.1) is 0 Å². The lowest BCUT2D eigenvalue weighted by molar-refractivity contribution is -0.135. The van der Waals surface area contributed by atoms with Gasteiger partial charge in [0.1, 0.15) is 6.54 Å². The van der Waals surface area contributed by atoms with Crippen molar-refractivity contribution in [3.05, 3.63) is 36.4 Å². The summed E-state index contributed by atoms with van der Waals surface area (Å²) in [5.41, 5.74) is 0.357. The molecule has 0 aliphatic heterocycles. The molecule has 2 rings (SSSR count). The third kappa shape index (κ3) is 4.15. The highest BCUT2D eigenvalue weighted by Gasteiger charge is 2.20. The molecule has 1 amide bonds. The Bertz CT molecular complexity index is 704. The van der Waals surface area contributed by atoms with E-state index < -0.39 is 22.5 Å². The first kappa shape index (κ1) is 16.2. The lowest BCUT2D eigenvalue weighted by Gasteiger charge is -2.11. The number of sulfonamides is 1. The molecular weight excluding hydrogens is 308 g/mol. The van der Waals surface area contributed by atoms with E-state index in [1.54, 1.807) is 6.07 Å². The Morgan fingerprint density at radius 2 is 1.91 bits per heavy atom. The molecule has 7 nitrogen and oxygen atoms in total. The van der Waals surface area contributed by atoms with E-state index >= 15 is 0 Å². The number of carbonyl (C=O) groups excluding carboxylic acids is 1. The summed E-state index contributed by atoms with van der Waals surface area (Å²) in [5, 5.41) is 11.2. The normalized spacial score (nSPS) is 14.9. The van der Waals surface area contributed by atoms with Gasteiger partial charge in [0.2, 0.25) is 15.9 Å². The number of carboxylic acid groups (broad SMARTS) is 1. The number of hydrogen-bond acceptors (Lipinski definition) is 4. The molecule has 0 atom stereocenters. The Morgan fingerprint density at radius 3 is 2.55 bits per heavy atom. The monoisotopic (exact) mass is 324 g/mol. The zero-order valence-corrected chi connectivity index (χ0v) is 12.5. The number of amides is 1. The van der Waals surface area contributed by atoms with Crippen LogP contribution >= 0.6 is 0 Å². The van der Waals surface area contributed by atoms with Crippen LogP contribution < -0.4 is 10.0 Å². The fraction of sp³-hybridized carbons (Fsp3) is 0.286. The molecular formula is C14H16N2O5S. The first-order valence-electron chi connectivity index (χ1n) is 6.66. The number of allylic oxidation sites excluding steroid dienone is 2. The van der Waals surface area contributed by atoms with E-state index in [0.717, 1.165) is 0 Å². The van der Waals surface area contributed by atoms with E-state index in [2.05, 4.69) is 5.32 Å². The highest BCUT2D eigenvalue weighted by molar-refractivity contribution is 7.89. The fourth-order valence-electron chi connectivity index (χ4n) is 2.06. The molecule has 3 N–H and O–H groups in total. The lowest BCUT2D eigenvalue weighted by Crippen LogP contribution is -2.29. The van der Waals surface area contributed by atoms with Gasteiger partial charge >= 0.3 is 5.97 Å². The summed E-state index contributed by atoms with van der Waals surface area (Å²) in [6, 6.07) is 5.69. The third-order valence-corrected chi connectivity index (χ3v) is 4.60. The van der Waals surface area contributed by atoms with Gasteiger partial charge in [-0.25, -0.2) is 8.42 Å². The van der Waals surface area contributed by atoms with Crippen LogP contribution in [0.5, 0.6) is 0 Å². The maximum atomic E-state index is 12.0. The molecule has 0 unspecified atom stereocenters. The van der Waals surface area contributed by atoms with Gasteiger partial charge in [0.05, 0.1) is 4.90 Å². The summed E-state index contributed by atoms with van der Waals surface area (Å²) in [5.74, 6) is -1.58. The van der Waals surface area contributed by atoms with Gasteiger partial charge in [-0.2, -0.15) is 4.72 Å². The number of carbonyl (C=O) groups is 2. The smallest absolute Gasteiger partial charge is 0.318 e. The first-order valence-corrected chi connectivity index (χ1v) is 8.14. The Morgan fingerprint density at radius 1 is 1.23 bits per heavy atom. The Kier molecular flexibility index (Phi) is 4.94. The molecule has 22 heavy (non-hydrogen) atoms. The van der Waals surface area contributed by atoms with Crippen LogP contribution in [0.2, 0.25) is 0 Å². The number of nitrogens with one attached hydrogen (secondary N) is 2. The van der Waals surface area contributed by atoms with Gasteiger partial charge < -0.3 is 10.4 Å². The van der Waals surface area contributed by atoms with Gasteiger partial charge in [0.15, 0.2) is 0 Å². The molecule has 0 aromatic heterocycles. The molecule has 0 radical (unpaired) electrons. The summed E-state index contributed by atoms with van der Waals surface area (Å²) in [6.07, 6.45) is 5.20. The molecule has 0 spiro atoms. The second-order valence-electron chi connectivity index (χ2n) is 4.88. The van der Waals surface area contributed by atoms with Crippen LogP contribution in [0.3, 0.4) is 0 Å². The van der Waals surface area contributed by atoms with Crippen molar-refractivity contribution in [2.75, 3.05) is 11.9 Å². The number of rotatable bonds is 6. The second-order valence-corrected chi connectivity index (χ2v) is 6.64. The van der Waals surface area contributed by atoms with E-state index in [-0.39, 0.29) is 16.7 Å². The number of aliphatic carboxylic acids is 1. The van der Waals surface area contributed by atoms with Crippen molar-refractivity contribution >= 4 is 27.6 Å². The molecule has 0 bridgehead atoms. The summed E-state index contributed by atoms with van der Waals surface area (Å²) in [4.78, 5) is 22.3. The van der Waals surface area contributed by atoms with Crippen molar-refractivity contribution < 1.29 is 23.1 Å². The number of benzene rings is 1. The molecule has 1 aliphatic rings. The van der Waals surface area contributed by atoms with Crippen molar-refractivity contribution in [3.63, 3.8) is 0 Å². The third-order valence-electron chi connectivity index (χ3n) is 3.20. The lowest BCUT2D eigenvalue weighted by atomic mass is 10.1. The Labute approximate surface area is 128 Å². The zero-order chi connectivity index (χ0) is 16.2. The van der Waals surface area contributed by atoms with Crippen molar-refractivity contribution in [2.45, 2.75) is 17.7 Å². The quantitative estimate of drug-likeness (QED) is 0.675. The number of anilines is 1. The van der Waals surface area contributed by atoms with E-state index in [0.29, 0.717) is 18.5 Å². The van der Waals surface area contributed by atoms with Gasteiger partial charge in [0, 0.05) is 11.6 Å². The predicted molar refractivity (Wildman–Crippen MR) is 79.8 cm³/mol. The maximum Gasteiger partial charge on any atom is 0.318 e.